The summed E-state index contributed by atoms with van der Waals surface area (Å²) in [6.07, 6.45) is 0.588. The molecule has 1 amide bonds. The van der Waals surface area contributed by atoms with Gasteiger partial charge in [-0.05, 0) is 36.6 Å². The van der Waals surface area contributed by atoms with Gasteiger partial charge in [-0.2, -0.15) is 0 Å². The van der Waals surface area contributed by atoms with E-state index < -0.39 is 0 Å². The van der Waals surface area contributed by atoms with Crippen molar-refractivity contribution in [2.75, 3.05) is 12.3 Å². The second kappa shape index (κ2) is 8.57. The number of carbonyl (C=O) groups excluding carboxylic acids is 1. The summed E-state index contributed by atoms with van der Waals surface area (Å²) < 4.78 is 0. The van der Waals surface area contributed by atoms with E-state index in [2.05, 4.69) is 12.2 Å². The number of carbonyl (C=O) groups is 1. The van der Waals surface area contributed by atoms with Crippen LogP contribution in [0.4, 0.5) is 5.69 Å². The van der Waals surface area contributed by atoms with E-state index >= 15 is 0 Å². The van der Waals surface area contributed by atoms with Crippen LogP contribution in [0.1, 0.15) is 56.7 Å². The Morgan fingerprint density at radius 2 is 1.74 bits per heavy atom. The number of rotatable bonds is 1. The first-order valence-electron chi connectivity index (χ1n) is 7.22. The van der Waals surface area contributed by atoms with Crippen molar-refractivity contribution in [1.29, 1.82) is 0 Å². The van der Waals surface area contributed by atoms with Crippen LogP contribution >= 0.6 is 0 Å². The Hall–Kier alpha value is -1.51. The molecule has 1 heterocycles. The second-order valence-corrected chi connectivity index (χ2v) is 4.22. The van der Waals surface area contributed by atoms with Crippen LogP contribution in [0.3, 0.4) is 0 Å². The summed E-state index contributed by atoms with van der Waals surface area (Å²) in [5.41, 5.74) is 10.3. The molecule has 3 N–H and O–H groups in total. The molecule has 2 rings (SSSR count). The maximum absolute atomic E-state index is 11.2. The Kier molecular flexibility index (Phi) is 7.89. The van der Waals surface area contributed by atoms with Crippen LogP contribution in [0.5, 0.6) is 0 Å². The molecular weight excluding hydrogens is 236 g/mol. The van der Waals surface area contributed by atoms with Crippen LogP contribution in [0.15, 0.2) is 12.1 Å². The zero-order chi connectivity index (χ0) is 15.0. The molecule has 0 radical (unpaired) electrons. The number of hydrogen-bond donors (Lipinski definition) is 2. The van der Waals surface area contributed by atoms with Gasteiger partial charge in [0.2, 0.25) is 5.91 Å². The average Bonchev–Trinajstić information content (AvgIpc) is 2.86. The van der Waals surface area contributed by atoms with Crippen LogP contribution in [0, 0.1) is 13.8 Å². The molecule has 1 unspecified atom stereocenters. The highest BCUT2D eigenvalue weighted by molar-refractivity contribution is 5.80. The topological polar surface area (TPSA) is 55.1 Å². The predicted octanol–water partition coefficient (Wildman–Crippen LogP) is 3.54. The summed E-state index contributed by atoms with van der Waals surface area (Å²) in [4.78, 5) is 11.2. The zero-order valence-corrected chi connectivity index (χ0v) is 13.1. The number of hydrogen-bond acceptors (Lipinski definition) is 2. The minimum Gasteiger partial charge on any atom is -0.399 e. The van der Waals surface area contributed by atoms with Gasteiger partial charge in [-0.3, -0.25) is 4.79 Å². The first-order valence-corrected chi connectivity index (χ1v) is 7.22. The monoisotopic (exact) mass is 264 g/mol. The van der Waals surface area contributed by atoms with Gasteiger partial charge in [-0.15, -0.1) is 0 Å². The zero-order valence-electron chi connectivity index (χ0n) is 13.1. The summed E-state index contributed by atoms with van der Waals surface area (Å²) >= 11 is 0. The molecular formula is C16H28N2O. The lowest BCUT2D eigenvalue weighted by Crippen LogP contribution is -2.14. The number of amides is 1. The first kappa shape index (κ1) is 17.5. The normalized spacial score (nSPS) is 16.7. The van der Waals surface area contributed by atoms with Gasteiger partial charge in [0.05, 0.1) is 0 Å². The second-order valence-electron chi connectivity index (χ2n) is 4.22. The van der Waals surface area contributed by atoms with E-state index in [4.69, 9.17) is 5.73 Å². The van der Waals surface area contributed by atoms with Gasteiger partial charge in [0, 0.05) is 24.6 Å². The standard InChI is InChI=1S/C12H16N2O.2C2H6/c1-7-3-4-10(13)8(2)12(7)9-5-11(15)14-6-9;2*1-2/h3-4,9H,5-6,13H2,1-2H3,(H,14,15);2*1-2H3. The largest absolute Gasteiger partial charge is 0.399 e. The Bertz CT molecular complexity index is 413. The van der Waals surface area contributed by atoms with Crippen molar-refractivity contribution in [1.82, 2.24) is 5.32 Å². The van der Waals surface area contributed by atoms with Gasteiger partial charge in [-0.25, -0.2) is 0 Å². The molecule has 1 saturated heterocycles. The number of aryl methyl sites for hydroxylation is 1. The summed E-state index contributed by atoms with van der Waals surface area (Å²) in [6.45, 7) is 12.8. The van der Waals surface area contributed by atoms with E-state index in [9.17, 15) is 4.79 Å². The summed E-state index contributed by atoms with van der Waals surface area (Å²) in [5.74, 6) is 0.433. The van der Waals surface area contributed by atoms with Crippen molar-refractivity contribution in [3.8, 4) is 0 Å². The Morgan fingerprint density at radius 1 is 1.16 bits per heavy atom. The fourth-order valence-electron chi connectivity index (χ4n) is 2.32. The Balaban J connectivity index is 0.000000741. The van der Waals surface area contributed by atoms with Gasteiger partial charge in [0.15, 0.2) is 0 Å². The van der Waals surface area contributed by atoms with Gasteiger partial charge in [0.1, 0.15) is 0 Å². The predicted molar refractivity (Wildman–Crippen MR) is 83.4 cm³/mol. The summed E-state index contributed by atoms with van der Waals surface area (Å²) in [6, 6.07) is 3.96. The van der Waals surface area contributed by atoms with Crippen LogP contribution < -0.4 is 11.1 Å². The molecule has 0 bridgehead atoms. The maximum atomic E-state index is 11.2. The smallest absolute Gasteiger partial charge is 0.220 e. The Labute approximate surface area is 117 Å². The van der Waals surface area contributed by atoms with E-state index in [1.54, 1.807) is 0 Å². The van der Waals surface area contributed by atoms with Crippen molar-refractivity contribution in [3.63, 3.8) is 0 Å². The molecule has 108 valence electrons. The minimum atomic E-state index is 0.140. The van der Waals surface area contributed by atoms with E-state index in [1.165, 1.54) is 11.1 Å². The third kappa shape index (κ3) is 4.27. The fraction of sp³-hybridized carbons (Fsp3) is 0.562. The summed E-state index contributed by atoms with van der Waals surface area (Å²) in [7, 11) is 0. The molecule has 0 aliphatic carbocycles. The molecule has 1 atom stereocenters. The maximum Gasteiger partial charge on any atom is 0.220 e. The van der Waals surface area contributed by atoms with Gasteiger partial charge in [-0.1, -0.05) is 33.8 Å². The van der Waals surface area contributed by atoms with E-state index in [0.717, 1.165) is 17.8 Å². The van der Waals surface area contributed by atoms with Crippen molar-refractivity contribution < 1.29 is 4.79 Å². The van der Waals surface area contributed by atoms with Crippen LogP contribution in [-0.4, -0.2) is 12.5 Å². The van der Waals surface area contributed by atoms with E-state index in [0.29, 0.717) is 12.3 Å². The highest BCUT2D eigenvalue weighted by atomic mass is 16.1. The van der Waals surface area contributed by atoms with Crippen molar-refractivity contribution >= 4 is 11.6 Å². The van der Waals surface area contributed by atoms with Crippen molar-refractivity contribution in [2.24, 2.45) is 0 Å². The molecule has 1 aliphatic rings. The third-order valence-electron chi connectivity index (χ3n) is 3.16. The summed E-state index contributed by atoms with van der Waals surface area (Å²) in [5, 5.41) is 2.86. The first-order chi connectivity index (χ1) is 9.09. The third-order valence-corrected chi connectivity index (χ3v) is 3.16. The number of nitrogens with two attached hydrogens (primary N) is 1. The lowest BCUT2D eigenvalue weighted by molar-refractivity contribution is -0.119. The SMILES string of the molecule is CC.CC.Cc1ccc(N)c(C)c1C1CNC(=O)C1. The highest BCUT2D eigenvalue weighted by Crippen LogP contribution is 2.31. The van der Waals surface area contributed by atoms with Crippen molar-refractivity contribution in [2.45, 2.75) is 53.9 Å². The molecule has 3 nitrogen and oxygen atoms in total. The number of benzene rings is 1. The molecule has 19 heavy (non-hydrogen) atoms. The number of nitrogen functional groups attached to an aromatic ring is 1. The van der Waals surface area contributed by atoms with Gasteiger partial charge >= 0.3 is 0 Å². The lowest BCUT2D eigenvalue weighted by atomic mass is 9.89. The molecule has 0 spiro atoms. The van der Waals surface area contributed by atoms with Crippen molar-refractivity contribution in [3.05, 3.63) is 28.8 Å². The van der Waals surface area contributed by atoms with Gasteiger partial charge in [0.25, 0.3) is 0 Å². The molecule has 1 aromatic carbocycles. The quantitative estimate of drug-likeness (QED) is 0.762. The molecule has 1 aliphatic heterocycles. The number of anilines is 1. The molecule has 1 fully saturated rings. The van der Waals surface area contributed by atoms with E-state index in [1.807, 2.05) is 46.8 Å². The van der Waals surface area contributed by atoms with Gasteiger partial charge < -0.3 is 11.1 Å². The molecule has 1 aromatic rings. The number of nitrogens with one attached hydrogen (secondary N) is 1. The lowest BCUT2D eigenvalue weighted by Gasteiger charge is -2.16. The minimum absolute atomic E-state index is 0.140. The van der Waals surface area contributed by atoms with E-state index in [-0.39, 0.29) is 5.91 Å². The fourth-order valence-corrected chi connectivity index (χ4v) is 2.32. The van der Waals surface area contributed by atoms with Crippen LogP contribution in [0.25, 0.3) is 0 Å². The molecule has 0 aromatic heterocycles. The van der Waals surface area contributed by atoms with Crippen LogP contribution in [0.2, 0.25) is 0 Å². The molecule has 0 saturated carbocycles. The average molecular weight is 264 g/mol. The molecule has 3 heteroatoms. The highest BCUT2D eigenvalue weighted by Gasteiger charge is 2.25. The van der Waals surface area contributed by atoms with Crippen LogP contribution in [-0.2, 0) is 4.79 Å². The Morgan fingerprint density at radius 3 is 2.21 bits per heavy atom.